The predicted molar refractivity (Wildman–Crippen MR) is 120 cm³/mol. The van der Waals surface area contributed by atoms with Crippen molar-refractivity contribution < 1.29 is 9.90 Å². The lowest BCUT2D eigenvalue weighted by atomic mass is 9.52. The quantitative estimate of drug-likeness (QED) is 0.590. The average Bonchev–Trinajstić information content (AvgIpc) is 2.78. The standard InChI is InChI=1S/C27H28N2O2/c1-2-12-26(31)13-14-27(18-20-6-4-3-5-7-20)23(19-26)10-8-21-17-22(9-11-24(21)27)25(30)29-16-15-28/h3-7,9,11,17,23,31H,8,10,13-14,16,18-19H2,1H3,(H,29,30)/t23-,26-,27+/m1/s1. The summed E-state index contributed by atoms with van der Waals surface area (Å²) in [7, 11) is 0. The number of benzene rings is 2. The van der Waals surface area contributed by atoms with Gasteiger partial charge < -0.3 is 10.4 Å². The van der Waals surface area contributed by atoms with Crippen LogP contribution in [-0.2, 0) is 18.3 Å². The van der Waals surface area contributed by atoms with Gasteiger partial charge in [0.2, 0.25) is 0 Å². The normalized spacial score (nSPS) is 26.4. The molecule has 0 bridgehead atoms. The molecule has 3 atom stereocenters. The highest BCUT2D eigenvalue weighted by molar-refractivity contribution is 5.94. The summed E-state index contributed by atoms with van der Waals surface area (Å²) in [5.41, 5.74) is 3.43. The molecule has 2 aromatic rings. The predicted octanol–water partition coefficient (Wildman–Crippen LogP) is 3.92. The first-order chi connectivity index (χ1) is 15.0. The van der Waals surface area contributed by atoms with E-state index in [0.717, 1.165) is 25.7 Å². The maximum Gasteiger partial charge on any atom is 0.252 e. The van der Waals surface area contributed by atoms with Gasteiger partial charge in [0.05, 0.1) is 6.07 Å². The molecular formula is C27H28N2O2. The number of carbonyl (C=O) groups is 1. The van der Waals surface area contributed by atoms with E-state index in [0.29, 0.717) is 24.3 Å². The molecule has 0 radical (unpaired) electrons. The molecule has 2 aliphatic rings. The number of nitrogens with zero attached hydrogens (tertiary/aromatic N) is 1. The van der Waals surface area contributed by atoms with Crippen molar-refractivity contribution in [2.24, 2.45) is 5.92 Å². The largest absolute Gasteiger partial charge is 0.378 e. The fourth-order valence-electron chi connectivity index (χ4n) is 5.69. The molecule has 158 valence electrons. The van der Waals surface area contributed by atoms with Crippen molar-refractivity contribution in [2.75, 3.05) is 6.54 Å². The highest BCUT2D eigenvalue weighted by Gasteiger charge is 2.51. The van der Waals surface area contributed by atoms with Crippen LogP contribution >= 0.6 is 0 Å². The third-order valence-electron chi connectivity index (χ3n) is 7.06. The Kier molecular flexibility index (Phi) is 5.86. The molecule has 2 aliphatic carbocycles. The summed E-state index contributed by atoms with van der Waals surface area (Å²) in [5, 5.41) is 22.5. The Morgan fingerprint density at radius 2 is 2.03 bits per heavy atom. The van der Waals surface area contributed by atoms with Gasteiger partial charge >= 0.3 is 0 Å². The zero-order valence-corrected chi connectivity index (χ0v) is 17.9. The molecule has 4 nitrogen and oxygen atoms in total. The molecule has 2 N–H and O–H groups in total. The molecule has 0 aromatic heterocycles. The zero-order chi connectivity index (χ0) is 21.9. The second-order valence-corrected chi connectivity index (χ2v) is 8.88. The van der Waals surface area contributed by atoms with Gasteiger partial charge in [0.15, 0.2) is 0 Å². The number of hydrogen-bond acceptors (Lipinski definition) is 3. The van der Waals surface area contributed by atoms with Crippen LogP contribution in [0.1, 0.15) is 59.7 Å². The van der Waals surface area contributed by atoms with Crippen LogP contribution in [0.15, 0.2) is 48.5 Å². The Morgan fingerprint density at radius 3 is 2.77 bits per heavy atom. The Bertz CT molecular complexity index is 1080. The molecule has 31 heavy (non-hydrogen) atoms. The Balaban J connectivity index is 1.74. The molecule has 0 spiro atoms. The molecule has 4 rings (SSSR count). The zero-order valence-electron chi connectivity index (χ0n) is 17.9. The minimum absolute atomic E-state index is 0.00693. The first kappa shape index (κ1) is 21.2. The maximum atomic E-state index is 12.4. The van der Waals surface area contributed by atoms with Crippen LogP contribution in [0, 0.1) is 29.1 Å². The number of fused-ring (bicyclic) bond motifs is 3. The number of amides is 1. The number of aliphatic hydroxyl groups is 1. The summed E-state index contributed by atoms with van der Waals surface area (Å²) >= 11 is 0. The third kappa shape index (κ3) is 4.09. The number of hydrogen-bond donors (Lipinski definition) is 2. The number of carbonyl (C=O) groups excluding carboxylic acids is 1. The summed E-state index contributed by atoms with van der Waals surface area (Å²) in [5.74, 6) is 6.12. The summed E-state index contributed by atoms with van der Waals surface area (Å²) in [6.45, 7) is 1.80. The second-order valence-electron chi connectivity index (χ2n) is 8.88. The maximum absolute atomic E-state index is 12.4. The molecule has 1 fully saturated rings. The molecule has 1 saturated carbocycles. The minimum Gasteiger partial charge on any atom is -0.378 e. The minimum atomic E-state index is -0.909. The van der Waals surface area contributed by atoms with Gasteiger partial charge in [-0.2, -0.15) is 5.26 Å². The molecule has 1 amide bonds. The van der Waals surface area contributed by atoms with Crippen molar-refractivity contribution in [3.8, 4) is 17.9 Å². The number of nitriles is 1. The van der Waals surface area contributed by atoms with Gasteiger partial charge in [0, 0.05) is 11.0 Å². The van der Waals surface area contributed by atoms with E-state index in [9.17, 15) is 9.90 Å². The molecule has 0 heterocycles. The second kappa shape index (κ2) is 8.58. The summed E-state index contributed by atoms with van der Waals surface area (Å²) < 4.78 is 0. The lowest BCUT2D eigenvalue weighted by molar-refractivity contribution is -0.00801. The van der Waals surface area contributed by atoms with Gasteiger partial charge in [0.1, 0.15) is 12.1 Å². The van der Waals surface area contributed by atoms with Gasteiger partial charge in [0.25, 0.3) is 5.91 Å². The van der Waals surface area contributed by atoms with Crippen LogP contribution in [0.5, 0.6) is 0 Å². The third-order valence-corrected chi connectivity index (χ3v) is 7.06. The molecule has 0 saturated heterocycles. The van der Waals surface area contributed by atoms with E-state index in [1.54, 1.807) is 6.92 Å². The number of aryl methyl sites for hydroxylation is 1. The van der Waals surface area contributed by atoms with Gasteiger partial charge in [-0.3, -0.25) is 4.79 Å². The first-order valence-electron chi connectivity index (χ1n) is 11.0. The summed E-state index contributed by atoms with van der Waals surface area (Å²) in [4.78, 5) is 12.4. The van der Waals surface area contributed by atoms with Gasteiger partial charge in [-0.1, -0.05) is 42.3 Å². The van der Waals surface area contributed by atoms with Crippen molar-refractivity contribution >= 4 is 5.91 Å². The van der Waals surface area contributed by atoms with Crippen molar-refractivity contribution in [3.05, 3.63) is 70.8 Å². The summed E-state index contributed by atoms with van der Waals surface area (Å²) in [6, 6.07) is 18.5. The number of rotatable bonds is 4. The Morgan fingerprint density at radius 1 is 1.23 bits per heavy atom. The van der Waals surface area contributed by atoms with Crippen LogP contribution in [-0.4, -0.2) is 23.2 Å². The van der Waals surface area contributed by atoms with Gasteiger partial charge in [-0.15, -0.1) is 5.92 Å². The number of nitrogens with one attached hydrogen (secondary N) is 1. The Labute approximate surface area is 184 Å². The van der Waals surface area contributed by atoms with Crippen molar-refractivity contribution in [1.82, 2.24) is 5.32 Å². The molecule has 0 unspecified atom stereocenters. The molecule has 4 heteroatoms. The first-order valence-corrected chi connectivity index (χ1v) is 11.0. The van der Waals surface area contributed by atoms with Gasteiger partial charge in [-0.05, 0) is 80.2 Å². The van der Waals surface area contributed by atoms with E-state index < -0.39 is 5.60 Å². The smallest absolute Gasteiger partial charge is 0.252 e. The van der Waals surface area contributed by atoms with Crippen LogP contribution in [0.3, 0.4) is 0 Å². The molecular weight excluding hydrogens is 384 g/mol. The highest BCUT2D eigenvalue weighted by atomic mass is 16.3. The average molecular weight is 413 g/mol. The molecule has 0 aliphatic heterocycles. The van der Waals surface area contributed by atoms with Crippen LogP contribution < -0.4 is 5.32 Å². The van der Waals surface area contributed by atoms with E-state index in [-0.39, 0.29) is 17.9 Å². The van der Waals surface area contributed by atoms with Crippen LogP contribution in [0.25, 0.3) is 0 Å². The van der Waals surface area contributed by atoms with Gasteiger partial charge in [-0.25, -0.2) is 0 Å². The lowest BCUT2D eigenvalue weighted by Crippen LogP contribution is -2.51. The van der Waals surface area contributed by atoms with E-state index in [1.807, 2.05) is 24.3 Å². The van der Waals surface area contributed by atoms with Crippen molar-refractivity contribution in [2.45, 2.75) is 56.5 Å². The molecule has 2 aromatic carbocycles. The van der Waals surface area contributed by atoms with E-state index in [2.05, 4.69) is 47.5 Å². The monoisotopic (exact) mass is 412 g/mol. The lowest BCUT2D eigenvalue weighted by Gasteiger charge is -2.52. The topological polar surface area (TPSA) is 73.1 Å². The van der Waals surface area contributed by atoms with Crippen LogP contribution in [0.4, 0.5) is 0 Å². The van der Waals surface area contributed by atoms with E-state index >= 15 is 0 Å². The Hall–Kier alpha value is -3.08. The van der Waals surface area contributed by atoms with E-state index in [1.165, 1.54) is 16.7 Å². The summed E-state index contributed by atoms with van der Waals surface area (Å²) in [6.07, 6.45) is 4.97. The SMILES string of the molecule is CC#C[C@@]1(O)CC[C@@]2(Cc3ccccc3)c3ccc(C(=O)NCC#N)cc3CC[C@@H]2C1. The van der Waals surface area contributed by atoms with E-state index in [4.69, 9.17) is 5.26 Å². The highest BCUT2D eigenvalue weighted by Crippen LogP contribution is 2.54. The van der Waals surface area contributed by atoms with Crippen molar-refractivity contribution in [3.63, 3.8) is 0 Å². The van der Waals surface area contributed by atoms with Crippen molar-refractivity contribution in [1.29, 1.82) is 5.26 Å². The van der Waals surface area contributed by atoms with Crippen LogP contribution in [0.2, 0.25) is 0 Å². The fourth-order valence-corrected chi connectivity index (χ4v) is 5.69. The fraction of sp³-hybridized carbons (Fsp3) is 0.407.